The zero-order valence-corrected chi connectivity index (χ0v) is 12.3. The minimum atomic E-state index is -0.0321. The first-order chi connectivity index (χ1) is 9.65. The molecule has 0 bridgehead atoms. The molecule has 0 radical (unpaired) electrons. The van der Waals surface area contributed by atoms with Gasteiger partial charge in [0.1, 0.15) is 5.75 Å². The summed E-state index contributed by atoms with van der Waals surface area (Å²) in [5.41, 5.74) is 7.67. The van der Waals surface area contributed by atoms with Crippen molar-refractivity contribution in [2.45, 2.75) is 26.8 Å². The smallest absolute Gasteiger partial charge is 0.119 e. The molecule has 0 saturated carbocycles. The van der Waals surface area contributed by atoms with Crippen LogP contribution in [0.2, 0.25) is 0 Å². The van der Waals surface area contributed by atoms with Gasteiger partial charge in [-0.15, -0.1) is 0 Å². The van der Waals surface area contributed by atoms with Crippen molar-refractivity contribution >= 4 is 0 Å². The molecule has 3 heteroatoms. The number of hydrogen-bond acceptors (Lipinski definition) is 3. The van der Waals surface area contributed by atoms with E-state index in [0.717, 1.165) is 11.3 Å². The highest BCUT2D eigenvalue weighted by Gasteiger charge is 2.15. The second-order valence-electron chi connectivity index (χ2n) is 4.97. The third-order valence-corrected chi connectivity index (χ3v) is 3.41. The van der Waals surface area contributed by atoms with Crippen molar-refractivity contribution in [2.24, 2.45) is 5.84 Å². The normalized spacial score (nSPS) is 12.2. The van der Waals surface area contributed by atoms with Crippen LogP contribution in [-0.4, -0.2) is 6.61 Å². The first-order valence-corrected chi connectivity index (χ1v) is 6.91. The third kappa shape index (κ3) is 3.18. The van der Waals surface area contributed by atoms with Crippen molar-refractivity contribution in [1.29, 1.82) is 0 Å². The Labute approximate surface area is 120 Å². The van der Waals surface area contributed by atoms with E-state index < -0.39 is 0 Å². The van der Waals surface area contributed by atoms with E-state index in [1.165, 1.54) is 16.7 Å². The van der Waals surface area contributed by atoms with Gasteiger partial charge in [0.15, 0.2) is 0 Å². The van der Waals surface area contributed by atoms with Crippen LogP contribution >= 0.6 is 0 Å². The van der Waals surface area contributed by atoms with Gasteiger partial charge in [0.2, 0.25) is 0 Å². The van der Waals surface area contributed by atoms with Crippen LogP contribution in [0.15, 0.2) is 42.5 Å². The van der Waals surface area contributed by atoms with Gasteiger partial charge in [-0.25, -0.2) is 5.43 Å². The Morgan fingerprint density at radius 2 is 1.95 bits per heavy atom. The Bertz CT molecular complexity index is 581. The summed E-state index contributed by atoms with van der Waals surface area (Å²) < 4.78 is 5.56. The second-order valence-corrected chi connectivity index (χ2v) is 4.97. The highest BCUT2D eigenvalue weighted by molar-refractivity contribution is 5.41. The minimum Gasteiger partial charge on any atom is -0.494 e. The summed E-state index contributed by atoms with van der Waals surface area (Å²) in [6.07, 6.45) is 0. The van der Waals surface area contributed by atoms with E-state index in [1.54, 1.807) is 0 Å². The molecule has 20 heavy (non-hydrogen) atoms. The molecule has 0 saturated heterocycles. The average molecular weight is 270 g/mol. The molecule has 0 aromatic heterocycles. The van der Waals surface area contributed by atoms with Crippen molar-refractivity contribution in [3.8, 4) is 5.75 Å². The number of nitrogens with one attached hydrogen (secondary N) is 1. The third-order valence-electron chi connectivity index (χ3n) is 3.41. The number of hydrogen-bond donors (Lipinski definition) is 2. The van der Waals surface area contributed by atoms with Crippen LogP contribution in [0.25, 0.3) is 0 Å². The van der Waals surface area contributed by atoms with E-state index in [2.05, 4.69) is 43.5 Å². The van der Waals surface area contributed by atoms with Gasteiger partial charge in [-0.05, 0) is 49.6 Å². The van der Waals surface area contributed by atoms with Crippen LogP contribution in [0, 0.1) is 13.8 Å². The van der Waals surface area contributed by atoms with Gasteiger partial charge in [-0.3, -0.25) is 5.84 Å². The molecular weight excluding hydrogens is 248 g/mol. The summed E-state index contributed by atoms with van der Waals surface area (Å²) in [4.78, 5) is 0. The number of benzene rings is 2. The molecule has 1 atom stereocenters. The quantitative estimate of drug-likeness (QED) is 0.647. The lowest BCUT2D eigenvalue weighted by molar-refractivity contribution is 0.339. The monoisotopic (exact) mass is 270 g/mol. The summed E-state index contributed by atoms with van der Waals surface area (Å²) in [5, 5.41) is 0. The molecule has 3 N–H and O–H groups in total. The molecule has 0 aliphatic rings. The van der Waals surface area contributed by atoms with Gasteiger partial charge >= 0.3 is 0 Å². The molecule has 106 valence electrons. The zero-order chi connectivity index (χ0) is 14.5. The van der Waals surface area contributed by atoms with E-state index in [0.29, 0.717) is 6.61 Å². The zero-order valence-electron chi connectivity index (χ0n) is 12.3. The molecular formula is C17H22N2O. The van der Waals surface area contributed by atoms with Gasteiger partial charge in [-0.1, -0.05) is 35.9 Å². The first-order valence-electron chi connectivity index (χ1n) is 6.91. The van der Waals surface area contributed by atoms with Crippen LogP contribution in [0.5, 0.6) is 5.75 Å². The lowest BCUT2D eigenvalue weighted by atomic mass is 9.94. The molecule has 0 fully saturated rings. The molecule has 0 aliphatic heterocycles. The van der Waals surface area contributed by atoms with Crippen LogP contribution in [0.1, 0.15) is 35.2 Å². The van der Waals surface area contributed by atoms with E-state index in [1.807, 2.05) is 25.1 Å². The molecule has 1 unspecified atom stereocenters. The summed E-state index contributed by atoms with van der Waals surface area (Å²) >= 11 is 0. The molecule has 0 aliphatic carbocycles. The first kappa shape index (κ1) is 14.6. The molecule has 3 nitrogen and oxygen atoms in total. The van der Waals surface area contributed by atoms with Gasteiger partial charge in [0.05, 0.1) is 12.6 Å². The summed E-state index contributed by atoms with van der Waals surface area (Å²) in [7, 11) is 0. The number of hydrazine groups is 1. The largest absolute Gasteiger partial charge is 0.494 e. The predicted octanol–water partition coefficient (Wildman–Crippen LogP) is 3.25. The molecule has 2 aromatic rings. The lowest BCUT2D eigenvalue weighted by Gasteiger charge is -2.20. The average Bonchev–Trinajstić information content (AvgIpc) is 2.44. The summed E-state index contributed by atoms with van der Waals surface area (Å²) in [5.74, 6) is 6.66. The molecule has 2 aromatic carbocycles. The number of nitrogens with two attached hydrogens (primary N) is 1. The fraction of sp³-hybridized carbons (Fsp3) is 0.294. The second kappa shape index (κ2) is 6.55. The fourth-order valence-corrected chi connectivity index (χ4v) is 2.39. The molecule has 2 rings (SSSR count). The highest BCUT2D eigenvalue weighted by atomic mass is 16.5. The Kier molecular flexibility index (Phi) is 4.77. The van der Waals surface area contributed by atoms with Crippen molar-refractivity contribution < 1.29 is 4.74 Å². The highest BCUT2D eigenvalue weighted by Crippen LogP contribution is 2.27. The Balaban J connectivity index is 2.41. The van der Waals surface area contributed by atoms with Gasteiger partial charge in [0.25, 0.3) is 0 Å². The van der Waals surface area contributed by atoms with Crippen molar-refractivity contribution in [3.05, 3.63) is 64.7 Å². The van der Waals surface area contributed by atoms with E-state index in [4.69, 9.17) is 10.6 Å². The Morgan fingerprint density at radius 1 is 1.15 bits per heavy atom. The van der Waals surface area contributed by atoms with Crippen LogP contribution in [0.3, 0.4) is 0 Å². The number of rotatable bonds is 5. The van der Waals surface area contributed by atoms with Crippen LogP contribution < -0.4 is 16.0 Å². The van der Waals surface area contributed by atoms with E-state index >= 15 is 0 Å². The summed E-state index contributed by atoms with van der Waals surface area (Å²) in [6, 6.07) is 14.4. The van der Waals surface area contributed by atoms with Crippen LogP contribution in [0.4, 0.5) is 0 Å². The van der Waals surface area contributed by atoms with Crippen LogP contribution in [-0.2, 0) is 0 Å². The summed E-state index contributed by atoms with van der Waals surface area (Å²) in [6.45, 7) is 6.84. The van der Waals surface area contributed by atoms with Gasteiger partial charge in [-0.2, -0.15) is 0 Å². The SMILES string of the molecule is CCOc1cccc(C(NN)c2cc(C)ccc2C)c1. The molecule has 0 amide bonds. The van der Waals surface area contributed by atoms with Crippen molar-refractivity contribution in [1.82, 2.24) is 5.43 Å². The maximum atomic E-state index is 5.79. The Hall–Kier alpha value is -1.84. The van der Waals surface area contributed by atoms with Crippen molar-refractivity contribution in [3.63, 3.8) is 0 Å². The van der Waals surface area contributed by atoms with E-state index in [-0.39, 0.29) is 6.04 Å². The van der Waals surface area contributed by atoms with Gasteiger partial charge in [0, 0.05) is 0 Å². The fourth-order valence-electron chi connectivity index (χ4n) is 2.39. The maximum absolute atomic E-state index is 5.79. The van der Waals surface area contributed by atoms with E-state index in [9.17, 15) is 0 Å². The standard InChI is InChI=1S/C17H22N2O/c1-4-20-15-7-5-6-14(11-15)17(19-18)16-10-12(2)8-9-13(16)3/h5-11,17,19H,4,18H2,1-3H3. The predicted molar refractivity (Wildman–Crippen MR) is 82.7 cm³/mol. The lowest BCUT2D eigenvalue weighted by Crippen LogP contribution is -2.29. The Morgan fingerprint density at radius 3 is 2.65 bits per heavy atom. The molecule has 0 heterocycles. The van der Waals surface area contributed by atoms with Crippen molar-refractivity contribution in [2.75, 3.05) is 6.61 Å². The maximum Gasteiger partial charge on any atom is 0.119 e. The number of ether oxygens (including phenoxy) is 1. The van der Waals surface area contributed by atoms with Gasteiger partial charge < -0.3 is 4.74 Å². The minimum absolute atomic E-state index is 0.0321. The number of aryl methyl sites for hydroxylation is 2. The molecule has 0 spiro atoms. The topological polar surface area (TPSA) is 47.3 Å².